The molecule has 2 aromatic carbocycles. The van der Waals surface area contributed by atoms with Gasteiger partial charge in [-0.1, -0.05) is 34.1 Å². The quantitative estimate of drug-likeness (QED) is 0.754. The number of benzene rings is 2. The lowest BCUT2D eigenvalue weighted by atomic mass is 9.97. The molecule has 0 amide bonds. The van der Waals surface area contributed by atoms with Gasteiger partial charge in [-0.2, -0.15) is 0 Å². The zero-order valence-corrected chi connectivity index (χ0v) is 9.69. The summed E-state index contributed by atoms with van der Waals surface area (Å²) in [5.74, 6) is -0.483. The third kappa shape index (κ3) is 1.20. The van der Waals surface area contributed by atoms with Gasteiger partial charge in [0.25, 0.3) is 0 Å². The van der Waals surface area contributed by atoms with Gasteiger partial charge < -0.3 is 9.84 Å². The minimum Gasteiger partial charge on any atom is -0.428 e. The predicted octanol–water partition coefficient (Wildman–Crippen LogP) is 2.76. The van der Waals surface area contributed by atoms with Gasteiger partial charge in [0, 0.05) is 15.4 Å². The van der Waals surface area contributed by atoms with Crippen LogP contribution in [0.3, 0.4) is 0 Å². The van der Waals surface area contributed by atoms with Crippen LogP contribution in [0.25, 0.3) is 10.8 Å². The molecule has 80 valence electrons. The van der Waals surface area contributed by atoms with Crippen molar-refractivity contribution in [3.8, 4) is 0 Å². The molecule has 1 N–H and O–H groups in total. The first kappa shape index (κ1) is 9.81. The third-order valence-electron chi connectivity index (χ3n) is 2.72. The number of carbonyl (C=O) groups is 1. The number of rotatable bonds is 0. The topological polar surface area (TPSA) is 46.5 Å². The second kappa shape index (κ2) is 3.30. The summed E-state index contributed by atoms with van der Waals surface area (Å²) in [5.41, 5.74) is 1.13. The van der Waals surface area contributed by atoms with Gasteiger partial charge in [0.05, 0.1) is 5.56 Å². The van der Waals surface area contributed by atoms with Crippen LogP contribution in [0.1, 0.15) is 22.2 Å². The van der Waals surface area contributed by atoms with E-state index in [9.17, 15) is 9.90 Å². The van der Waals surface area contributed by atoms with Crippen molar-refractivity contribution in [3.05, 3.63) is 45.9 Å². The van der Waals surface area contributed by atoms with E-state index in [1.165, 1.54) is 0 Å². The van der Waals surface area contributed by atoms with E-state index >= 15 is 0 Å². The SMILES string of the molecule is O=C1OC(O)c2ccc(Br)c3cccc1c23. The standard InChI is InChI=1S/C12H7BrO3/c13-9-5-4-8-10-6(9)2-1-3-7(10)11(14)16-12(8)15/h1-5,12,15H. The van der Waals surface area contributed by atoms with Gasteiger partial charge in [-0.25, -0.2) is 4.79 Å². The molecule has 0 radical (unpaired) electrons. The van der Waals surface area contributed by atoms with Crippen LogP contribution in [0.15, 0.2) is 34.8 Å². The van der Waals surface area contributed by atoms with Gasteiger partial charge in [-0.3, -0.25) is 0 Å². The fourth-order valence-electron chi connectivity index (χ4n) is 2.00. The highest BCUT2D eigenvalue weighted by Crippen LogP contribution is 2.36. The number of hydrogen-bond donors (Lipinski definition) is 1. The maximum atomic E-state index is 11.6. The molecule has 0 saturated carbocycles. The van der Waals surface area contributed by atoms with Gasteiger partial charge >= 0.3 is 5.97 Å². The third-order valence-corrected chi connectivity index (χ3v) is 3.42. The molecule has 4 heteroatoms. The second-order valence-corrected chi connectivity index (χ2v) is 4.48. The molecule has 3 rings (SSSR count). The fourth-order valence-corrected chi connectivity index (χ4v) is 2.47. The van der Waals surface area contributed by atoms with E-state index in [4.69, 9.17) is 4.74 Å². The van der Waals surface area contributed by atoms with Gasteiger partial charge in [0.1, 0.15) is 0 Å². The zero-order valence-electron chi connectivity index (χ0n) is 8.11. The Kier molecular flexibility index (Phi) is 2.02. The normalized spacial score (nSPS) is 18.6. The van der Waals surface area contributed by atoms with E-state index in [1.807, 2.05) is 12.1 Å². The monoisotopic (exact) mass is 278 g/mol. The summed E-state index contributed by atoms with van der Waals surface area (Å²) < 4.78 is 5.74. The van der Waals surface area contributed by atoms with Crippen LogP contribution in [-0.2, 0) is 4.74 Å². The summed E-state index contributed by atoms with van der Waals surface area (Å²) in [6.45, 7) is 0. The fraction of sp³-hybridized carbons (Fsp3) is 0.0833. The highest BCUT2D eigenvalue weighted by molar-refractivity contribution is 9.10. The first-order chi connectivity index (χ1) is 7.68. The molecule has 1 aliphatic heterocycles. The molecule has 0 bridgehead atoms. The molecule has 0 aromatic heterocycles. The van der Waals surface area contributed by atoms with Crippen molar-refractivity contribution in [2.24, 2.45) is 0 Å². The summed E-state index contributed by atoms with van der Waals surface area (Å²) in [7, 11) is 0. The number of aliphatic hydroxyl groups is 1. The number of esters is 1. The van der Waals surface area contributed by atoms with Gasteiger partial charge in [-0.05, 0) is 17.5 Å². The van der Waals surface area contributed by atoms with Crippen molar-refractivity contribution in [3.63, 3.8) is 0 Å². The number of aliphatic hydroxyl groups excluding tert-OH is 1. The minimum absolute atomic E-state index is 0.483. The molecule has 2 aromatic rings. The molecule has 0 spiro atoms. The molecule has 16 heavy (non-hydrogen) atoms. The average molecular weight is 279 g/mol. The van der Waals surface area contributed by atoms with Crippen LogP contribution >= 0.6 is 15.9 Å². The van der Waals surface area contributed by atoms with Crippen molar-refractivity contribution in [1.82, 2.24) is 0 Å². The molecule has 1 heterocycles. The first-order valence-corrected chi connectivity index (χ1v) is 5.58. The Morgan fingerprint density at radius 2 is 2.06 bits per heavy atom. The number of cyclic esters (lactones) is 1. The highest BCUT2D eigenvalue weighted by Gasteiger charge is 2.27. The van der Waals surface area contributed by atoms with Crippen molar-refractivity contribution in [2.75, 3.05) is 0 Å². The molecular formula is C12H7BrO3. The molecule has 0 saturated heterocycles. The van der Waals surface area contributed by atoms with Crippen LogP contribution in [0.2, 0.25) is 0 Å². The van der Waals surface area contributed by atoms with Gasteiger partial charge in [0.15, 0.2) is 0 Å². The highest BCUT2D eigenvalue weighted by atomic mass is 79.9. The Morgan fingerprint density at radius 1 is 1.25 bits per heavy atom. The Balaban J connectivity index is 2.52. The van der Waals surface area contributed by atoms with Crippen molar-refractivity contribution >= 4 is 32.7 Å². The summed E-state index contributed by atoms with van der Waals surface area (Å²) in [6, 6.07) is 8.99. The first-order valence-electron chi connectivity index (χ1n) is 4.78. The predicted molar refractivity (Wildman–Crippen MR) is 62.0 cm³/mol. The van der Waals surface area contributed by atoms with E-state index < -0.39 is 12.3 Å². The van der Waals surface area contributed by atoms with E-state index in [0.29, 0.717) is 11.1 Å². The Labute approximate surface area is 99.8 Å². The Hall–Kier alpha value is -1.39. The van der Waals surface area contributed by atoms with Crippen molar-refractivity contribution in [1.29, 1.82) is 0 Å². The van der Waals surface area contributed by atoms with Crippen LogP contribution in [0.4, 0.5) is 0 Å². The van der Waals surface area contributed by atoms with Gasteiger partial charge in [0.2, 0.25) is 6.29 Å². The number of ether oxygens (including phenoxy) is 1. The lowest BCUT2D eigenvalue weighted by Gasteiger charge is -2.22. The van der Waals surface area contributed by atoms with Crippen LogP contribution in [0.5, 0.6) is 0 Å². The molecular weight excluding hydrogens is 272 g/mol. The molecule has 1 aliphatic rings. The Morgan fingerprint density at radius 3 is 2.88 bits per heavy atom. The largest absolute Gasteiger partial charge is 0.428 e. The molecule has 1 unspecified atom stereocenters. The summed E-state index contributed by atoms with van der Waals surface area (Å²) >= 11 is 3.42. The van der Waals surface area contributed by atoms with Crippen molar-refractivity contribution in [2.45, 2.75) is 6.29 Å². The summed E-state index contributed by atoms with van der Waals surface area (Å²) in [6.07, 6.45) is -1.17. The Bertz CT molecular complexity index is 606. The van der Waals surface area contributed by atoms with E-state index in [1.54, 1.807) is 18.2 Å². The smallest absolute Gasteiger partial charge is 0.341 e. The second-order valence-electron chi connectivity index (χ2n) is 3.62. The maximum absolute atomic E-state index is 11.6. The van der Waals surface area contributed by atoms with Crippen LogP contribution in [-0.4, -0.2) is 11.1 Å². The van der Waals surface area contributed by atoms with E-state index in [-0.39, 0.29) is 0 Å². The van der Waals surface area contributed by atoms with E-state index in [2.05, 4.69) is 15.9 Å². The zero-order chi connectivity index (χ0) is 11.3. The van der Waals surface area contributed by atoms with Crippen LogP contribution in [0, 0.1) is 0 Å². The minimum atomic E-state index is -1.17. The summed E-state index contributed by atoms with van der Waals surface area (Å²) in [4.78, 5) is 11.6. The maximum Gasteiger partial charge on any atom is 0.341 e. The molecule has 0 fully saturated rings. The van der Waals surface area contributed by atoms with Crippen molar-refractivity contribution < 1.29 is 14.6 Å². The molecule has 3 nitrogen and oxygen atoms in total. The van der Waals surface area contributed by atoms with E-state index in [0.717, 1.165) is 15.2 Å². The number of hydrogen-bond acceptors (Lipinski definition) is 3. The van der Waals surface area contributed by atoms with Gasteiger partial charge in [-0.15, -0.1) is 0 Å². The molecule has 1 atom stereocenters. The lowest BCUT2D eigenvalue weighted by Crippen LogP contribution is -2.17. The number of halogens is 1. The number of carbonyl (C=O) groups excluding carboxylic acids is 1. The van der Waals surface area contributed by atoms with Crippen LogP contribution < -0.4 is 0 Å². The molecule has 0 aliphatic carbocycles. The average Bonchev–Trinajstić information content (AvgIpc) is 2.27. The lowest BCUT2D eigenvalue weighted by molar-refractivity contribution is -0.0686. The summed E-state index contributed by atoms with van der Waals surface area (Å²) in [5, 5.41) is 11.3.